The average molecular weight is 430 g/mol. The van der Waals surface area contributed by atoms with E-state index in [0.29, 0.717) is 22.8 Å². The molecule has 0 spiro atoms. The molecular formula is C19H13Cl3F2N2O. The molecule has 3 aromatic rings. The summed E-state index contributed by atoms with van der Waals surface area (Å²) in [5, 5.41) is 3.18. The van der Waals surface area contributed by atoms with E-state index in [1.807, 2.05) is 0 Å². The van der Waals surface area contributed by atoms with Gasteiger partial charge in [-0.15, -0.1) is 0 Å². The fraction of sp³-hybridized carbons (Fsp3) is 0.105. The quantitative estimate of drug-likeness (QED) is 0.435. The SMILES string of the molecule is CC(Oc1cccnc1Nc1ccc(F)c(Cl)c1)c1c(Cl)ccc(F)c1Cl. The first-order valence-electron chi connectivity index (χ1n) is 7.84. The van der Waals surface area contributed by atoms with Gasteiger partial charge in [-0.25, -0.2) is 13.8 Å². The van der Waals surface area contributed by atoms with Gasteiger partial charge in [-0.3, -0.25) is 0 Å². The van der Waals surface area contributed by atoms with Crippen LogP contribution in [0, 0.1) is 11.6 Å². The molecule has 0 saturated heterocycles. The summed E-state index contributed by atoms with van der Waals surface area (Å²) >= 11 is 18.0. The average Bonchev–Trinajstić information content (AvgIpc) is 2.63. The number of ether oxygens (including phenoxy) is 1. The molecule has 0 aliphatic heterocycles. The van der Waals surface area contributed by atoms with Crippen LogP contribution in [-0.4, -0.2) is 4.98 Å². The molecule has 0 amide bonds. The number of pyridine rings is 1. The Morgan fingerprint density at radius 3 is 2.48 bits per heavy atom. The number of hydrogen-bond donors (Lipinski definition) is 1. The van der Waals surface area contributed by atoms with Gasteiger partial charge in [0.1, 0.15) is 17.7 Å². The summed E-state index contributed by atoms with van der Waals surface area (Å²) in [4.78, 5) is 4.22. The highest BCUT2D eigenvalue weighted by Crippen LogP contribution is 2.36. The summed E-state index contributed by atoms with van der Waals surface area (Å²) in [6.07, 6.45) is 0.912. The normalized spacial score (nSPS) is 11.9. The molecule has 1 atom stereocenters. The number of halogens is 5. The van der Waals surface area contributed by atoms with Gasteiger partial charge in [0, 0.05) is 22.5 Å². The van der Waals surface area contributed by atoms with E-state index < -0.39 is 17.7 Å². The molecule has 0 aliphatic rings. The lowest BCUT2D eigenvalue weighted by molar-refractivity contribution is 0.227. The Morgan fingerprint density at radius 2 is 1.74 bits per heavy atom. The second kappa shape index (κ2) is 8.30. The lowest BCUT2D eigenvalue weighted by atomic mass is 10.1. The number of anilines is 2. The third-order valence-corrected chi connectivity index (χ3v) is 4.75. The zero-order valence-corrected chi connectivity index (χ0v) is 16.2. The molecule has 8 heteroatoms. The van der Waals surface area contributed by atoms with Gasteiger partial charge < -0.3 is 10.1 Å². The van der Waals surface area contributed by atoms with Crippen LogP contribution in [0.4, 0.5) is 20.3 Å². The van der Waals surface area contributed by atoms with Crippen LogP contribution >= 0.6 is 34.8 Å². The third kappa shape index (κ3) is 4.43. The van der Waals surface area contributed by atoms with E-state index in [4.69, 9.17) is 39.5 Å². The Balaban J connectivity index is 1.88. The molecule has 0 aliphatic carbocycles. The third-order valence-electron chi connectivity index (χ3n) is 3.74. The molecule has 1 heterocycles. The van der Waals surface area contributed by atoms with Gasteiger partial charge in [0.15, 0.2) is 11.6 Å². The predicted octanol–water partition coefficient (Wildman–Crippen LogP) is 7.20. The highest BCUT2D eigenvalue weighted by atomic mass is 35.5. The van der Waals surface area contributed by atoms with Crippen LogP contribution in [0.1, 0.15) is 18.6 Å². The summed E-state index contributed by atoms with van der Waals surface area (Å²) in [6.45, 7) is 1.69. The molecule has 0 fully saturated rings. The number of hydrogen-bond acceptors (Lipinski definition) is 3. The van der Waals surface area contributed by atoms with Gasteiger partial charge in [0.2, 0.25) is 0 Å². The monoisotopic (exact) mass is 428 g/mol. The van der Waals surface area contributed by atoms with Crippen molar-refractivity contribution in [3.63, 3.8) is 0 Å². The standard InChI is InChI=1S/C19H13Cl3F2N2O/c1-10(17-12(20)5-7-15(24)18(17)22)27-16-3-2-8-25-19(16)26-11-4-6-14(23)13(21)9-11/h2-10H,1H3,(H,25,26). The smallest absolute Gasteiger partial charge is 0.173 e. The fourth-order valence-corrected chi connectivity index (χ4v) is 3.31. The molecule has 1 aromatic heterocycles. The van der Waals surface area contributed by atoms with Crippen molar-refractivity contribution in [3.8, 4) is 5.75 Å². The topological polar surface area (TPSA) is 34.1 Å². The second-order valence-corrected chi connectivity index (χ2v) is 6.81. The van der Waals surface area contributed by atoms with Gasteiger partial charge in [-0.2, -0.15) is 0 Å². The Hall–Kier alpha value is -2.08. The molecule has 140 valence electrons. The van der Waals surface area contributed by atoms with Crippen molar-refractivity contribution in [2.45, 2.75) is 13.0 Å². The van der Waals surface area contributed by atoms with Crippen molar-refractivity contribution in [1.82, 2.24) is 4.98 Å². The molecule has 0 saturated carbocycles. The van der Waals surface area contributed by atoms with Crippen molar-refractivity contribution < 1.29 is 13.5 Å². The van der Waals surface area contributed by atoms with E-state index in [0.717, 1.165) is 0 Å². The predicted molar refractivity (Wildman–Crippen MR) is 104 cm³/mol. The maximum Gasteiger partial charge on any atom is 0.173 e. The van der Waals surface area contributed by atoms with Crippen molar-refractivity contribution in [2.75, 3.05) is 5.32 Å². The number of benzene rings is 2. The first kappa shape index (κ1) is 19.7. The van der Waals surface area contributed by atoms with E-state index in [-0.39, 0.29) is 15.1 Å². The first-order valence-corrected chi connectivity index (χ1v) is 8.97. The van der Waals surface area contributed by atoms with Gasteiger partial charge in [0.25, 0.3) is 0 Å². The number of aromatic nitrogens is 1. The summed E-state index contributed by atoms with van der Waals surface area (Å²) in [5.74, 6) is -0.363. The van der Waals surface area contributed by atoms with Crippen LogP contribution in [0.5, 0.6) is 5.75 Å². The van der Waals surface area contributed by atoms with Gasteiger partial charge >= 0.3 is 0 Å². The fourth-order valence-electron chi connectivity index (χ4n) is 2.45. The number of rotatable bonds is 5. The molecule has 0 radical (unpaired) electrons. The molecule has 0 bridgehead atoms. The molecule has 3 nitrogen and oxygen atoms in total. The Morgan fingerprint density at radius 1 is 1.00 bits per heavy atom. The van der Waals surface area contributed by atoms with Gasteiger partial charge in [-0.05, 0) is 49.4 Å². The van der Waals surface area contributed by atoms with E-state index >= 15 is 0 Å². The van der Waals surface area contributed by atoms with Crippen LogP contribution in [0.3, 0.4) is 0 Å². The minimum absolute atomic E-state index is 0.0231. The molecule has 27 heavy (non-hydrogen) atoms. The molecule has 2 aromatic carbocycles. The Bertz CT molecular complexity index is 985. The summed E-state index contributed by atoms with van der Waals surface area (Å²) < 4.78 is 33.0. The molecule has 1 N–H and O–H groups in total. The Labute approximate surface area is 169 Å². The second-order valence-electron chi connectivity index (χ2n) is 5.62. The zero-order chi connectivity index (χ0) is 19.6. The highest BCUT2D eigenvalue weighted by Gasteiger charge is 2.20. The lowest BCUT2D eigenvalue weighted by Crippen LogP contribution is -2.08. The van der Waals surface area contributed by atoms with Crippen LogP contribution in [0.2, 0.25) is 15.1 Å². The maximum atomic E-state index is 13.8. The number of nitrogens with one attached hydrogen (secondary N) is 1. The van der Waals surface area contributed by atoms with Crippen LogP contribution in [-0.2, 0) is 0 Å². The zero-order valence-electron chi connectivity index (χ0n) is 13.9. The molecular weight excluding hydrogens is 417 g/mol. The van der Waals surface area contributed by atoms with Crippen molar-refractivity contribution >= 4 is 46.3 Å². The minimum atomic E-state index is -0.651. The maximum absolute atomic E-state index is 13.8. The summed E-state index contributed by atoms with van der Waals surface area (Å²) in [6, 6.07) is 10.2. The van der Waals surface area contributed by atoms with Crippen LogP contribution < -0.4 is 10.1 Å². The largest absolute Gasteiger partial charge is 0.482 e. The van der Waals surface area contributed by atoms with E-state index in [9.17, 15) is 8.78 Å². The van der Waals surface area contributed by atoms with E-state index in [1.54, 1.807) is 25.3 Å². The Kier molecular flexibility index (Phi) is 6.05. The van der Waals surface area contributed by atoms with Crippen molar-refractivity contribution in [2.24, 2.45) is 0 Å². The number of nitrogens with zero attached hydrogens (tertiary/aromatic N) is 1. The van der Waals surface area contributed by atoms with Gasteiger partial charge in [0.05, 0.1) is 10.0 Å². The van der Waals surface area contributed by atoms with Crippen molar-refractivity contribution in [3.05, 3.63) is 80.9 Å². The van der Waals surface area contributed by atoms with Crippen LogP contribution in [0.25, 0.3) is 0 Å². The van der Waals surface area contributed by atoms with E-state index in [2.05, 4.69) is 10.3 Å². The summed E-state index contributed by atoms with van der Waals surface area (Å²) in [5.41, 5.74) is 0.859. The highest BCUT2D eigenvalue weighted by molar-refractivity contribution is 6.36. The van der Waals surface area contributed by atoms with Gasteiger partial charge in [-0.1, -0.05) is 34.8 Å². The minimum Gasteiger partial charge on any atom is -0.482 e. The molecule has 3 rings (SSSR count). The first-order chi connectivity index (χ1) is 12.9. The van der Waals surface area contributed by atoms with Crippen LogP contribution in [0.15, 0.2) is 48.7 Å². The lowest BCUT2D eigenvalue weighted by Gasteiger charge is -2.20. The molecule has 1 unspecified atom stereocenters. The summed E-state index contributed by atoms with van der Waals surface area (Å²) in [7, 11) is 0. The van der Waals surface area contributed by atoms with E-state index in [1.165, 1.54) is 30.3 Å². The van der Waals surface area contributed by atoms with Crippen molar-refractivity contribution in [1.29, 1.82) is 0 Å².